The zero-order chi connectivity index (χ0) is 19.9. The SMILES string of the molecule is CC(C)OC(=O)[C@@H](C[C@@H](c1ccccc1)C(C)N)NC(=O)OC(C)(C)C. The van der Waals surface area contributed by atoms with Crippen LogP contribution < -0.4 is 11.1 Å². The summed E-state index contributed by atoms with van der Waals surface area (Å²) in [5.74, 6) is -0.608. The predicted molar refractivity (Wildman–Crippen MR) is 102 cm³/mol. The van der Waals surface area contributed by atoms with Crippen molar-refractivity contribution < 1.29 is 19.1 Å². The van der Waals surface area contributed by atoms with Crippen LogP contribution in [0.25, 0.3) is 0 Å². The van der Waals surface area contributed by atoms with Gasteiger partial charge in [-0.05, 0) is 53.5 Å². The summed E-state index contributed by atoms with van der Waals surface area (Å²) >= 11 is 0. The average Bonchev–Trinajstić information content (AvgIpc) is 2.49. The van der Waals surface area contributed by atoms with Gasteiger partial charge in [-0.2, -0.15) is 0 Å². The van der Waals surface area contributed by atoms with Gasteiger partial charge in [0, 0.05) is 12.0 Å². The smallest absolute Gasteiger partial charge is 0.408 e. The third kappa shape index (κ3) is 7.87. The van der Waals surface area contributed by atoms with Crippen molar-refractivity contribution in [3.63, 3.8) is 0 Å². The molecule has 1 amide bonds. The molecule has 0 bridgehead atoms. The van der Waals surface area contributed by atoms with Crippen LogP contribution >= 0.6 is 0 Å². The molecule has 0 saturated carbocycles. The molecule has 3 atom stereocenters. The first-order chi connectivity index (χ1) is 12.0. The van der Waals surface area contributed by atoms with E-state index in [9.17, 15) is 9.59 Å². The molecule has 6 heteroatoms. The molecule has 3 N–H and O–H groups in total. The fourth-order valence-electron chi connectivity index (χ4n) is 2.59. The molecule has 0 aromatic heterocycles. The summed E-state index contributed by atoms with van der Waals surface area (Å²) in [5, 5.41) is 2.64. The number of amides is 1. The molecule has 1 aromatic carbocycles. The molecule has 26 heavy (non-hydrogen) atoms. The Morgan fingerprint density at radius 3 is 2.15 bits per heavy atom. The highest BCUT2D eigenvalue weighted by Gasteiger charge is 2.30. The van der Waals surface area contributed by atoms with Crippen LogP contribution in [0.3, 0.4) is 0 Å². The molecule has 0 aliphatic rings. The fraction of sp³-hybridized carbons (Fsp3) is 0.600. The number of ether oxygens (including phenoxy) is 2. The van der Waals surface area contributed by atoms with Gasteiger partial charge in [-0.15, -0.1) is 0 Å². The van der Waals surface area contributed by atoms with Gasteiger partial charge < -0.3 is 20.5 Å². The minimum Gasteiger partial charge on any atom is -0.461 e. The largest absolute Gasteiger partial charge is 0.461 e. The molecule has 1 unspecified atom stereocenters. The minimum atomic E-state index is -0.844. The highest BCUT2D eigenvalue weighted by molar-refractivity contribution is 5.81. The molecular weight excluding hydrogens is 332 g/mol. The Kier molecular flexibility index (Phi) is 8.08. The molecule has 0 fully saturated rings. The highest BCUT2D eigenvalue weighted by atomic mass is 16.6. The monoisotopic (exact) mass is 364 g/mol. The lowest BCUT2D eigenvalue weighted by atomic mass is 9.87. The van der Waals surface area contributed by atoms with Crippen molar-refractivity contribution in [3.8, 4) is 0 Å². The Bertz CT molecular complexity index is 579. The number of nitrogens with one attached hydrogen (secondary N) is 1. The van der Waals surface area contributed by atoms with E-state index in [-0.39, 0.29) is 18.1 Å². The highest BCUT2D eigenvalue weighted by Crippen LogP contribution is 2.25. The van der Waals surface area contributed by atoms with Crippen LogP contribution in [0.5, 0.6) is 0 Å². The molecule has 0 spiro atoms. The number of hydrogen-bond donors (Lipinski definition) is 2. The Morgan fingerprint density at radius 1 is 1.12 bits per heavy atom. The van der Waals surface area contributed by atoms with E-state index >= 15 is 0 Å². The van der Waals surface area contributed by atoms with E-state index < -0.39 is 23.7 Å². The van der Waals surface area contributed by atoms with Gasteiger partial charge >= 0.3 is 12.1 Å². The lowest BCUT2D eigenvalue weighted by Gasteiger charge is -2.28. The second-order valence-corrected chi connectivity index (χ2v) is 7.80. The van der Waals surface area contributed by atoms with E-state index in [4.69, 9.17) is 15.2 Å². The standard InChI is InChI=1S/C20H32N2O4/c1-13(2)25-18(23)17(22-19(24)26-20(4,5)6)12-16(14(3)21)15-10-8-7-9-11-15/h7-11,13-14,16-17H,12,21H2,1-6H3,(H,22,24)/t14?,16-,17-/m1/s1. The van der Waals surface area contributed by atoms with Gasteiger partial charge in [0.2, 0.25) is 0 Å². The van der Waals surface area contributed by atoms with Crippen molar-refractivity contribution in [2.45, 2.75) is 77.7 Å². The molecule has 0 radical (unpaired) electrons. The lowest BCUT2D eigenvalue weighted by Crippen LogP contribution is -2.46. The zero-order valence-corrected chi connectivity index (χ0v) is 16.6. The van der Waals surface area contributed by atoms with Gasteiger partial charge in [-0.3, -0.25) is 0 Å². The van der Waals surface area contributed by atoms with Crippen molar-refractivity contribution in [1.29, 1.82) is 0 Å². The molecule has 0 aliphatic heterocycles. The van der Waals surface area contributed by atoms with Gasteiger partial charge in [-0.25, -0.2) is 9.59 Å². The first-order valence-corrected chi connectivity index (χ1v) is 9.00. The van der Waals surface area contributed by atoms with E-state index in [1.165, 1.54) is 0 Å². The molecular formula is C20H32N2O4. The second-order valence-electron chi connectivity index (χ2n) is 7.80. The Hall–Kier alpha value is -2.08. The summed E-state index contributed by atoms with van der Waals surface area (Å²) in [5.41, 5.74) is 6.51. The van der Waals surface area contributed by atoms with Crippen LogP contribution in [-0.2, 0) is 14.3 Å². The van der Waals surface area contributed by atoms with Crippen LogP contribution in [0.1, 0.15) is 59.4 Å². The topological polar surface area (TPSA) is 90.6 Å². The number of carbonyl (C=O) groups is 2. The molecule has 146 valence electrons. The van der Waals surface area contributed by atoms with Crippen LogP contribution in [0.2, 0.25) is 0 Å². The summed E-state index contributed by atoms with van der Waals surface area (Å²) in [4.78, 5) is 24.7. The van der Waals surface area contributed by atoms with Crippen molar-refractivity contribution in [1.82, 2.24) is 5.32 Å². The molecule has 1 aromatic rings. The number of rotatable bonds is 7. The number of hydrogen-bond acceptors (Lipinski definition) is 5. The third-order valence-corrected chi connectivity index (χ3v) is 3.68. The number of benzene rings is 1. The van der Waals surface area contributed by atoms with Gasteiger partial charge in [-0.1, -0.05) is 30.3 Å². The van der Waals surface area contributed by atoms with Crippen LogP contribution in [-0.4, -0.2) is 35.9 Å². The maximum absolute atomic E-state index is 12.5. The van der Waals surface area contributed by atoms with E-state index in [2.05, 4.69) is 5.32 Å². The van der Waals surface area contributed by atoms with Crippen molar-refractivity contribution in [2.75, 3.05) is 0 Å². The Labute approximate surface area is 156 Å². The van der Waals surface area contributed by atoms with E-state index in [0.717, 1.165) is 5.56 Å². The van der Waals surface area contributed by atoms with Gasteiger partial charge in [0.25, 0.3) is 0 Å². The number of nitrogens with two attached hydrogens (primary N) is 1. The maximum atomic E-state index is 12.5. The maximum Gasteiger partial charge on any atom is 0.408 e. The van der Waals surface area contributed by atoms with Gasteiger partial charge in [0.15, 0.2) is 0 Å². The number of esters is 1. The Balaban J connectivity index is 2.98. The van der Waals surface area contributed by atoms with Crippen LogP contribution in [0.15, 0.2) is 30.3 Å². The van der Waals surface area contributed by atoms with E-state index in [1.54, 1.807) is 34.6 Å². The summed E-state index contributed by atoms with van der Waals surface area (Å²) in [7, 11) is 0. The summed E-state index contributed by atoms with van der Waals surface area (Å²) in [6.45, 7) is 10.7. The molecule has 6 nitrogen and oxygen atoms in total. The average molecular weight is 364 g/mol. The number of carbonyl (C=O) groups excluding carboxylic acids is 2. The first kappa shape index (κ1) is 22.0. The van der Waals surface area contributed by atoms with Gasteiger partial charge in [0.1, 0.15) is 11.6 Å². The zero-order valence-electron chi connectivity index (χ0n) is 16.6. The van der Waals surface area contributed by atoms with Crippen molar-refractivity contribution in [2.24, 2.45) is 5.73 Å². The third-order valence-electron chi connectivity index (χ3n) is 3.68. The lowest BCUT2D eigenvalue weighted by molar-refractivity contribution is -0.150. The van der Waals surface area contributed by atoms with Crippen molar-refractivity contribution >= 4 is 12.1 Å². The summed E-state index contributed by atoms with van der Waals surface area (Å²) in [6, 6.07) is 8.65. The second kappa shape index (κ2) is 9.57. The molecule has 0 aliphatic carbocycles. The van der Waals surface area contributed by atoms with Gasteiger partial charge in [0.05, 0.1) is 6.10 Å². The summed E-state index contributed by atoms with van der Waals surface area (Å²) < 4.78 is 10.6. The van der Waals surface area contributed by atoms with E-state index in [0.29, 0.717) is 6.42 Å². The van der Waals surface area contributed by atoms with E-state index in [1.807, 2.05) is 37.3 Å². The predicted octanol–water partition coefficient (Wildman–Crippen LogP) is 3.35. The molecule has 0 saturated heterocycles. The first-order valence-electron chi connectivity index (χ1n) is 9.00. The quantitative estimate of drug-likeness (QED) is 0.724. The minimum absolute atomic E-state index is 0.115. The number of alkyl carbamates (subject to hydrolysis) is 1. The Morgan fingerprint density at radius 2 is 1.69 bits per heavy atom. The molecule has 1 rings (SSSR count). The summed E-state index contributed by atoms with van der Waals surface area (Å²) in [6.07, 6.45) is -0.609. The van der Waals surface area contributed by atoms with Crippen molar-refractivity contribution in [3.05, 3.63) is 35.9 Å². The van der Waals surface area contributed by atoms with Crippen LogP contribution in [0.4, 0.5) is 4.79 Å². The van der Waals surface area contributed by atoms with Crippen LogP contribution in [0, 0.1) is 0 Å². The fourth-order valence-corrected chi connectivity index (χ4v) is 2.59. The molecule has 0 heterocycles. The normalized spacial score (nSPS) is 15.1.